The minimum Gasteiger partial charge on any atom is -0.508 e. The zero-order chi connectivity index (χ0) is 14.9. The van der Waals surface area contributed by atoms with Gasteiger partial charge in [-0.05, 0) is 61.9 Å². The van der Waals surface area contributed by atoms with Gasteiger partial charge in [0, 0.05) is 12.0 Å². The van der Waals surface area contributed by atoms with Gasteiger partial charge in [0.25, 0.3) is 0 Å². The zero-order valence-corrected chi connectivity index (χ0v) is 13.6. The lowest BCUT2D eigenvalue weighted by atomic mass is 9.79. The van der Waals surface area contributed by atoms with Gasteiger partial charge in [-0.2, -0.15) is 0 Å². The van der Waals surface area contributed by atoms with E-state index in [9.17, 15) is 5.11 Å². The zero-order valence-electron chi connectivity index (χ0n) is 13.6. The minimum atomic E-state index is 0.525. The highest BCUT2D eigenvalue weighted by molar-refractivity contribution is 5.44. The van der Waals surface area contributed by atoms with Gasteiger partial charge in [-0.1, -0.05) is 44.2 Å². The lowest BCUT2D eigenvalue weighted by Gasteiger charge is -2.34. The molecule has 0 radical (unpaired) electrons. The summed E-state index contributed by atoms with van der Waals surface area (Å²) < 4.78 is 0. The highest BCUT2D eigenvalue weighted by Gasteiger charge is 2.39. The second-order valence-electron chi connectivity index (χ2n) is 7.67. The SMILES string of the molecule is Oc1cccc2c1CC[C@@H]1[C@H]2CCN1CCC1CCCCC1. The van der Waals surface area contributed by atoms with Gasteiger partial charge in [-0.15, -0.1) is 0 Å². The Morgan fingerprint density at radius 3 is 2.77 bits per heavy atom. The van der Waals surface area contributed by atoms with Crippen LogP contribution in [0.5, 0.6) is 5.75 Å². The largest absolute Gasteiger partial charge is 0.508 e. The molecule has 2 atom stereocenters. The van der Waals surface area contributed by atoms with E-state index < -0.39 is 0 Å². The third-order valence-electron chi connectivity index (χ3n) is 6.49. The van der Waals surface area contributed by atoms with Crippen LogP contribution in [0.1, 0.15) is 68.4 Å². The van der Waals surface area contributed by atoms with Crippen LogP contribution in [0.3, 0.4) is 0 Å². The predicted molar refractivity (Wildman–Crippen MR) is 90.3 cm³/mol. The summed E-state index contributed by atoms with van der Waals surface area (Å²) in [4.78, 5) is 2.77. The summed E-state index contributed by atoms with van der Waals surface area (Å²) in [7, 11) is 0. The molecule has 2 heteroatoms. The molecule has 2 aliphatic carbocycles. The maximum Gasteiger partial charge on any atom is 0.119 e. The Kier molecular flexibility index (Phi) is 4.13. The standard InChI is InChI=1S/C20H29NO/c22-20-8-4-7-16-17-12-14-21(19(17)10-9-18(16)20)13-11-15-5-2-1-3-6-15/h4,7-8,15,17,19,22H,1-3,5-6,9-14H2/t17-,19+/m0/s1. The predicted octanol–water partition coefficient (Wildman–Crippen LogP) is 4.47. The van der Waals surface area contributed by atoms with E-state index in [1.807, 2.05) is 12.1 Å². The fraction of sp³-hybridized carbons (Fsp3) is 0.700. The van der Waals surface area contributed by atoms with E-state index in [4.69, 9.17) is 0 Å². The van der Waals surface area contributed by atoms with E-state index in [1.54, 1.807) is 0 Å². The van der Waals surface area contributed by atoms with Crippen LogP contribution in [0.2, 0.25) is 0 Å². The van der Waals surface area contributed by atoms with Crippen LogP contribution in [0, 0.1) is 5.92 Å². The van der Waals surface area contributed by atoms with Crippen LogP contribution >= 0.6 is 0 Å². The van der Waals surface area contributed by atoms with Gasteiger partial charge in [0.2, 0.25) is 0 Å². The van der Waals surface area contributed by atoms with Crippen molar-refractivity contribution < 1.29 is 5.11 Å². The monoisotopic (exact) mass is 299 g/mol. The molecule has 120 valence electrons. The number of phenols is 1. The fourth-order valence-corrected chi connectivity index (χ4v) is 5.27. The number of likely N-dealkylation sites (tertiary alicyclic amines) is 1. The number of hydrogen-bond acceptors (Lipinski definition) is 2. The number of hydrogen-bond donors (Lipinski definition) is 1. The number of nitrogens with zero attached hydrogens (tertiary/aromatic N) is 1. The summed E-state index contributed by atoms with van der Waals surface area (Å²) in [5, 5.41) is 10.1. The molecule has 1 aromatic rings. The van der Waals surface area contributed by atoms with Crippen LogP contribution in [0.25, 0.3) is 0 Å². The Bertz CT molecular complexity index is 520. The molecule has 1 saturated carbocycles. The van der Waals surface area contributed by atoms with Crippen LogP contribution in [0.15, 0.2) is 18.2 Å². The Hall–Kier alpha value is -1.02. The third-order valence-corrected chi connectivity index (χ3v) is 6.49. The van der Waals surface area contributed by atoms with Crippen molar-refractivity contribution >= 4 is 0 Å². The molecule has 3 aliphatic rings. The van der Waals surface area contributed by atoms with Crippen molar-refractivity contribution in [1.29, 1.82) is 0 Å². The van der Waals surface area contributed by atoms with Gasteiger partial charge >= 0.3 is 0 Å². The van der Waals surface area contributed by atoms with E-state index in [0.717, 1.165) is 18.4 Å². The molecule has 0 spiro atoms. The molecule has 1 N–H and O–H groups in total. The summed E-state index contributed by atoms with van der Waals surface area (Å²) in [6.45, 7) is 2.57. The minimum absolute atomic E-state index is 0.525. The van der Waals surface area contributed by atoms with Gasteiger partial charge in [0.05, 0.1) is 0 Å². The molecule has 1 aliphatic heterocycles. The van der Waals surface area contributed by atoms with E-state index in [-0.39, 0.29) is 0 Å². The smallest absolute Gasteiger partial charge is 0.119 e. The van der Waals surface area contributed by atoms with Gasteiger partial charge in [-0.25, -0.2) is 0 Å². The van der Waals surface area contributed by atoms with Crippen LogP contribution in [-0.2, 0) is 6.42 Å². The van der Waals surface area contributed by atoms with Gasteiger partial charge < -0.3 is 5.11 Å². The van der Waals surface area contributed by atoms with E-state index in [1.165, 1.54) is 75.6 Å². The second-order valence-corrected chi connectivity index (χ2v) is 7.67. The van der Waals surface area contributed by atoms with Crippen LogP contribution in [-0.4, -0.2) is 29.1 Å². The Morgan fingerprint density at radius 2 is 1.91 bits per heavy atom. The first-order chi connectivity index (χ1) is 10.8. The average Bonchev–Trinajstić information content (AvgIpc) is 2.98. The normalized spacial score (nSPS) is 29.3. The molecule has 1 heterocycles. The second kappa shape index (κ2) is 6.23. The molecule has 22 heavy (non-hydrogen) atoms. The Morgan fingerprint density at radius 1 is 1.05 bits per heavy atom. The van der Waals surface area contributed by atoms with E-state index in [0.29, 0.717) is 11.7 Å². The van der Waals surface area contributed by atoms with Gasteiger partial charge in [0.1, 0.15) is 5.75 Å². The maximum atomic E-state index is 10.1. The number of benzene rings is 1. The van der Waals surface area contributed by atoms with Crippen molar-refractivity contribution in [3.8, 4) is 5.75 Å². The summed E-state index contributed by atoms with van der Waals surface area (Å²) in [5.74, 6) is 2.19. The molecule has 4 rings (SSSR count). The first-order valence-electron chi connectivity index (χ1n) is 9.38. The molecule has 1 aromatic carbocycles. The molecular formula is C20H29NO. The van der Waals surface area contributed by atoms with Crippen molar-refractivity contribution in [2.45, 2.75) is 69.7 Å². The average molecular weight is 299 g/mol. The molecule has 2 fully saturated rings. The van der Waals surface area contributed by atoms with Crippen molar-refractivity contribution in [2.24, 2.45) is 5.92 Å². The number of aromatic hydroxyl groups is 1. The lowest BCUT2D eigenvalue weighted by molar-refractivity contribution is 0.199. The fourth-order valence-electron chi connectivity index (χ4n) is 5.27. The van der Waals surface area contributed by atoms with Crippen LogP contribution < -0.4 is 0 Å². The summed E-state index contributed by atoms with van der Waals surface area (Å²) in [6, 6.07) is 6.88. The van der Waals surface area contributed by atoms with Crippen molar-refractivity contribution in [1.82, 2.24) is 4.90 Å². The van der Waals surface area contributed by atoms with E-state index in [2.05, 4.69) is 11.0 Å². The van der Waals surface area contributed by atoms with Crippen molar-refractivity contribution in [3.05, 3.63) is 29.3 Å². The number of rotatable bonds is 3. The highest BCUT2D eigenvalue weighted by Crippen LogP contribution is 2.44. The quantitative estimate of drug-likeness (QED) is 0.890. The molecule has 0 bridgehead atoms. The molecular weight excluding hydrogens is 270 g/mol. The van der Waals surface area contributed by atoms with Crippen LogP contribution in [0.4, 0.5) is 0 Å². The first-order valence-corrected chi connectivity index (χ1v) is 9.38. The maximum absolute atomic E-state index is 10.1. The van der Waals surface area contributed by atoms with Crippen molar-refractivity contribution in [3.63, 3.8) is 0 Å². The van der Waals surface area contributed by atoms with Gasteiger partial charge in [-0.3, -0.25) is 4.90 Å². The summed E-state index contributed by atoms with van der Waals surface area (Å²) >= 11 is 0. The third kappa shape index (κ3) is 2.67. The lowest BCUT2D eigenvalue weighted by Crippen LogP contribution is -2.36. The molecule has 0 unspecified atom stereocenters. The van der Waals surface area contributed by atoms with Gasteiger partial charge in [0.15, 0.2) is 0 Å². The number of fused-ring (bicyclic) bond motifs is 3. The topological polar surface area (TPSA) is 23.5 Å². The molecule has 1 saturated heterocycles. The first kappa shape index (κ1) is 14.6. The number of phenolic OH excluding ortho intramolecular Hbond substituents is 1. The Balaban J connectivity index is 1.42. The van der Waals surface area contributed by atoms with E-state index >= 15 is 0 Å². The Labute approximate surface area is 134 Å². The molecule has 0 amide bonds. The summed E-state index contributed by atoms with van der Waals surface area (Å²) in [5.41, 5.74) is 2.68. The highest BCUT2D eigenvalue weighted by atomic mass is 16.3. The summed E-state index contributed by atoms with van der Waals surface area (Å²) in [6.07, 6.45) is 12.3. The van der Waals surface area contributed by atoms with Crippen molar-refractivity contribution in [2.75, 3.05) is 13.1 Å². The molecule has 0 aromatic heterocycles. The molecule has 2 nitrogen and oxygen atoms in total.